The number of carbonyl (C=O) groups excluding carboxylic acids is 3. The van der Waals surface area contributed by atoms with Crippen LogP contribution in [0.2, 0.25) is 0 Å². The molecular formula is C20H25N3O3S. The average Bonchev–Trinajstić information content (AvgIpc) is 3.12. The summed E-state index contributed by atoms with van der Waals surface area (Å²) in [6.45, 7) is 6.91. The van der Waals surface area contributed by atoms with Gasteiger partial charge in [0.2, 0.25) is 5.91 Å². The van der Waals surface area contributed by atoms with Crippen molar-refractivity contribution in [3.05, 3.63) is 51.7 Å². The van der Waals surface area contributed by atoms with Gasteiger partial charge in [-0.15, -0.1) is 11.3 Å². The highest BCUT2D eigenvalue weighted by Gasteiger charge is 2.14. The zero-order chi connectivity index (χ0) is 19.8. The molecule has 0 aliphatic rings. The van der Waals surface area contributed by atoms with Crippen LogP contribution in [0.3, 0.4) is 0 Å². The molecule has 0 bridgehead atoms. The van der Waals surface area contributed by atoms with Crippen molar-refractivity contribution < 1.29 is 14.4 Å². The van der Waals surface area contributed by atoms with Crippen LogP contribution in [0.1, 0.15) is 36.1 Å². The number of nitrogens with one attached hydrogen (secondary N) is 2. The second-order valence-electron chi connectivity index (χ2n) is 6.09. The number of hydrogen-bond acceptors (Lipinski definition) is 4. The summed E-state index contributed by atoms with van der Waals surface area (Å²) >= 11 is 1.62. The van der Waals surface area contributed by atoms with Gasteiger partial charge in [-0.3, -0.25) is 14.4 Å². The van der Waals surface area contributed by atoms with Crippen LogP contribution in [-0.4, -0.2) is 29.2 Å². The van der Waals surface area contributed by atoms with E-state index in [4.69, 9.17) is 0 Å². The Morgan fingerprint density at radius 3 is 2.41 bits per heavy atom. The first-order valence-electron chi connectivity index (χ1n) is 8.94. The number of aryl methyl sites for hydroxylation is 1. The Kier molecular flexibility index (Phi) is 7.55. The lowest BCUT2D eigenvalue weighted by Crippen LogP contribution is -2.34. The van der Waals surface area contributed by atoms with Gasteiger partial charge in [-0.1, -0.05) is 19.1 Å². The van der Waals surface area contributed by atoms with Crippen LogP contribution in [0.15, 0.2) is 36.4 Å². The van der Waals surface area contributed by atoms with Gasteiger partial charge in [0.1, 0.15) is 0 Å². The largest absolute Gasteiger partial charge is 0.343 e. The van der Waals surface area contributed by atoms with Crippen molar-refractivity contribution in [2.75, 3.05) is 11.9 Å². The summed E-state index contributed by atoms with van der Waals surface area (Å²) in [5.74, 6) is -1.39. The van der Waals surface area contributed by atoms with Crippen LogP contribution < -0.4 is 10.6 Å². The molecule has 6 nitrogen and oxygen atoms in total. The summed E-state index contributed by atoms with van der Waals surface area (Å²) in [5, 5.41) is 5.24. The summed E-state index contributed by atoms with van der Waals surface area (Å²) in [6, 6.07) is 11.1. The van der Waals surface area contributed by atoms with Crippen LogP contribution in [0.4, 0.5) is 5.69 Å². The topological polar surface area (TPSA) is 78.5 Å². The van der Waals surface area contributed by atoms with E-state index in [0.717, 1.165) is 16.9 Å². The molecule has 0 atom stereocenters. The maximum Gasteiger partial charge on any atom is 0.313 e. The molecule has 0 radical (unpaired) electrons. The van der Waals surface area contributed by atoms with Crippen molar-refractivity contribution in [1.29, 1.82) is 0 Å². The minimum atomic E-state index is -0.710. The van der Waals surface area contributed by atoms with Crippen LogP contribution in [-0.2, 0) is 33.9 Å². The van der Waals surface area contributed by atoms with E-state index in [2.05, 4.69) is 17.6 Å². The number of hydrogen-bond donors (Lipinski definition) is 2. The van der Waals surface area contributed by atoms with Gasteiger partial charge in [0, 0.05) is 35.5 Å². The number of thiophene rings is 1. The second-order valence-corrected chi connectivity index (χ2v) is 7.34. The maximum absolute atomic E-state index is 12.1. The zero-order valence-electron chi connectivity index (χ0n) is 15.9. The van der Waals surface area contributed by atoms with E-state index >= 15 is 0 Å². The van der Waals surface area contributed by atoms with Crippen molar-refractivity contribution >= 4 is 34.7 Å². The molecule has 144 valence electrons. The molecule has 2 N–H and O–H groups in total. The summed E-state index contributed by atoms with van der Waals surface area (Å²) in [7, 11) is 0. The van der Waals surface area contributed by atoms with E-state index in [-0.39, 0.29) is 5.91 Å². The fourth-order valence-electron chi connectivity index (χ4n) is 2.56. The third-order valence-electron chi connectivity index (χ3n) is 4.08. The van der Waals surface area contributed by atoms with E-state index in [9.17, 15) is 14.4 Å². The van der Waals surface area contributed by atoms with Crippen molar-refractivity contribution in [3.8, 4) is 0 Å². The molecule has 2 rings (SSSR count). The first kappa shape index (κ1) is 20.6. The molecule has 0 saturated carbocycles. The molecular weight excluding hydrogens is 362 g/mol. The molecule has 1 aromatic heterocycles. The first-order chi connectivity index (χ1) is 12.9. The van der Waals surface area contributed by atoms with Crippen LogP contribution >= 0.6 is 11.3 Å². The Morgan fingerprint density at radius 2 is 1.78 bits per heavy atom. The lowest BCUT2D eigenvalue weighted by molar-refractivity contribution is -0.136. The normalized spacial score (nSPS) is 10.3. The molecule has 3 amide bonds. The number of nitrogens with zero attached hydrogens (tertiary/aromatic N) is 1. The van der Waals surface area contributed by atoms with E-state index in [1.54, 1.807) is 34.4 Å². The van der Waals surface area contributed by atoms with E-state index < -0.39 is 11.8 Å². The van der Waals surface area contributed by atoms with Crippen molar-refractivity contribution in [2.45, 2.75) is 40.3 Å². The van der Waals surface area contributed by atoms with Crippen molar-refractivity contribution in [1.82, 2.24) is 10.2 Å². The summed E-state index contributed by atoms with van der Waals surface area (Å²) in [4.78, 5) is 39.6. The van der Waals surface area contributed by atoms with Crippen molar-refractivity contribution in [2.24, 2.45) is 0 Å². The average molecular weight is 388 g/mol. The minimum absolute atomic E-state index is 0.00822. The van der Waals surface area contributed by atoms with Crippen molar-refractivity contribution in [3.63, 3.8) is 0 Å². The molecule has 0 aliphatic heterocycles. The summed E-state index contributed by atoms with van der Waals surface area (Å²) in [5.41, 5.74) is 1.41. The molecule has 27 heavy (non-hydrogen) atoms. The van der Waals surface area contributed by atoms with Crippen LogP contribution in [0.5, 0.6) is 0 Å². The predicted molar refractivity (Wildman–Crippen MR) is 107 cm³/mol. The smallest absolute Gasteiger partial charge is 0.313 e. The molecule has 0 unspecified atom stereocenters. The quantitative estimate of drug-likeness (QED) is 0.717. The standard InChI is InChI=1S/C20H25N3O3S/c1-4-17-9-10-18(27-17)12-21-19(25)20(26)22-16-8-6-7-15(11-16)13-23(5-2)14(3)24/h6-11H,4-5,12-13H2,1-3H3,(H,21,25)(H,22,26). The van der Waals surface area contributed by atoms with Gasteiger partial charge in [-0.2, -0.15) is 0 Å². The Bertz CT molecular complexity index is 816. The minimum Gasteiger partial charge on any atom is -0.343 e. The lowest BCUT2D eigenvalue weighted by Gasteiger charge is -2.19. The number of amides is 3. The fourth-order valence-corrected chi connectivity index (χ4v) is 3.45. The Hall–Kier alpha value is -2.67. The van der Waals surface area contributed by atoms with Crippen LogP contribution in [0, 0.1) is 0 Å². The number of carbonyl (C=O) groups is 3. The molecule has 0 saturated heterocycles. The van der Waals surface area contributed by atoms with Gasteiger partial charge in [0.25, 0.3) is 0 Å². The fraction of sp³-hybridized carbons (Fsp3) is 0.350. The Morgan fingerprint density at radius 1 is 1.04 bits per heavy atom. The van der Waals surface area contributed by atoms with Gasteiger partial charge in [0.05, 0.1) is 6.54 Å². The molecule has 0 spiro atoms. The van der Waals surface area contributed by atoms with E-state index in [1.807, 2.05) is 25.1 Å². The number of benzene rings is 1. The van der Waals surface area contributed by atoms with Gasteiger partial charge >= 0.3 is 11.8 Å². The second kappa shape index (κ2) is 9.87. The SMILES string of the molecule is CCc1ccc(CNC(=O)C(=O)Nc2cccc(CN(CC)C(C)=O)c2)s1. The molecule has 1 aromatic carbocycles. The first-order valence-corrected chi connectivity index (χ1v) is 9.75. The van der Waals surface area contributed by atoms with E-state index in [0.29, 0.717) is 25.3 Å². The number of rotatable bonds is 7. The molecule has 0 aliphatic carbocycles. The van der Waals surface area contributed by atoms with E-state index in [1.165, 1.54) is 11.8 Å². The highest BCUT2D eigenvalue weighted by molar-refractivity contribution is 7.11. The zero-order valence-corrected chi connectivity index (χ0v) is 16.7. The summed E-state index contributed by atoms with van der Waals surface area (Å²) < 4.78 is 0. The van der Waals surface area contributed by atoms with Gasteiger partial charge < -0.3 is 15.5 Å². The molecule has 7 heteroatoms. The van der Waals surface area contributed by atoms with Crippen LogP contribution in [0.25, 0.3) is 0 Å². The maximum atomic E-state index is 12.1. The monoisotopic (exact) mass is 387 g/mol. The molecule has 0 fully saturated rings. The Labute approximate surface area is 163 Å². The Balaban J connectivity index is 1.91. The number of anilines is 1. The predicted octanol–water partition coefficient (Wildman–Crippen LogP) is 2.93. The third-order valence-corrected chi connectivity index (χ3v) is 5.31. The molecule has 1 heterocycles. The van der Waals surface area contributed by atoms with Gasteiger partial charge in [-0.25, -0.2) is 0 Å². The summed E-state index contributed by atoms with van der Waals surface area (Å²) in [6.07, 6.45) is 0.953. The highest BCUT2D eigenvalue weighted by atomic mass is 32.1. The van der Waals surface area contributed by atoms with Gasteiger partial charge in [-0.05, 0) is 43.2 Å². The third kappa shape index (κ3) is 6.21. The lowest BCUT2D eigenvalue weighted by atomic mass is 10.2. The molecule has 2 aromatic rings. The highest BCUT2D eigenvalue weighted by Crippen LogP contribution is 2.16. The van der Waals surface area contributed by atoms with Gasteiger partial charge in [0.15, 0.2) is 0 Å².